The van der Waals surface area contributed by atoms with Crippen molar-refractivity contribution in [1.29, 1.82) is 0 Å². The topological polar surface area (TPSA) is 85.2 Å². The molecular formula is C16H20N4O. The minimum absolute atomic E-state index is 0.0437. The van der Waals surface area contributed by atoms with Gasteiger partial charge in [0.25, 0.3) is 5.91 Å². The number of benzene rings is 1. The molecule has 0 radical (unpaired) electrons. The molecule has 2 rings (SSSR count). The predicted molar refractivity (Wildman–Crippen MR) is 84.5 cm³/mol. The minimum Gasteiger partial charge on any atom is -0.399 e. The summed E-state index contributed by atoms with van der Waals surface area (Å²) in [7, 11) is 0. The van der Waals surface area contributed by atoms with Crippen LogP contribution in [0, 0.1) is 0 Å². The number of amides is 1. The molecule has 2 aromatic rings. The molecule has 1 aromatic heterocycles. The van der Waals surface area contributed by atoms with Crippen LogP contribution in [0.4, 0.5) is 11.4 Å². The Labute approximate surface area is 124 Å². The second-order valence-electron chi connectivity index (χ2n) is 5.24. The van der Waals surface area contributed by atoms with Crippen LogP contribution in [-0.2, 0) is 6.54 Å². The van der Waals surface area contributed by atoms with Gasteiger partial charge in [-0.15, -0.1) is 0 Å². The number of nitrogens with zero attached hydrogens (tertiary/aromatic N) is 2. The summed E-state index contributed by atoms with van der Waals surface area (Å²) in [6, 6.07) is 10.6. The van der Waals surface area contributed by atoms with Crippen LogP contribution in [0.1, 0.15) is 29.9 Å². The summed E-state index contributed by atoms with van der Waals surface area (Å²) in [6.45, 7) is 4.39. The van der Waals surface area contributed by atoms with E-state index in [1.807, 2.05) is 32.0 Å². The van der Waals surface area contributed by atoms with Gasteiger partial charge in [0.15, 0.2) is 0 Å². The van der Waals surface area contributed by atoms with E-state index in [2.05, 4.69) is 4.98 Å². The normalized spacial score (nSPS) is 10.6. The van der Waals surface area contributed by atoms with Crippen LogP contribution in [0.25, 0.3) is 0 Å². The number of rotatable bonds is 4. The molecular weight excluding hydrogens is 264 g/mol. The maximum Gasteiger partial charge on any atom is 0.254 e. The van der Waals surface area contributed by atoms with E-state index < -0.39 is 0 Å². The lowest BCUT2D eigenvalue weighted by atomic mass is 10.1. The summed E-state index contributed by atoms with van der Waals surface area (Å²) < 4.78 is 0. The summed E-state index contributed by atoms with van der Waals surface area (Å²) in [5.74, 6) is -0.102. The van der Waals surface area contributed by atoms with Crippen molar-refractivity contribution in [2.45, 2.75) is 26.4 Å². The molecule has 21 heavy (non-hydrogen) atoms. The Morgan fingerprint density at radius 2 is 1.86 bits per heavy atom. The van der Waals surface area contributed by atoms with Crippen molar-refractivity contribution in [2.75, 3.05) is 11.5 Å². The first-order valence-corrected chi connectivity index (χ1v) is 6.84. The molecule has 0 aliphatic rings. The van der Waals surface area contributed by atoms with Crippen molar-refractivity contribution in [1.82, 2.24) is 9.88 Å². The first kappa shape index (κ1) is 14.8. The van der Waals surface area contributed by atoms with Gasteiger partial charge in [0.1, 0.15) is 0 Å². The largest absolute Gasteiger partial charge is 0.399 e. The standard InChI is InChI=1S/C16H20N4O/c1-11(2)20(10-15-5-3-4-6-19-15)16(21)12-7-13(17)9-14(18)8-12/h3-9,11H,10,17-18H2,1-2H3. The SMILES string of the molecule is CC(C)N(Cc1ccccn1)C(=O)c1cc(N)cc(N)c1. The number of pyridine rings is 1. The van der Waals surface area contributed by atoms with Gasteiger partial charge in [-0.2, -0.15) is 0 Å². The molecule has 0 aliphatic carbocycles. The quantitative estimate of drug-likeness (QED) is 0.844. The van der Waals surface area contributed by atoms with Gasteiger partial charge in [-0.25, -0.2) is 0 Å². The molecule has 1 aromatic carbocycles. The van der Waals surface area contributed by atoms with Crippen molar-refractivity contribution in [2.24, 2.45) is 0 Å². The number of anilines is 2. The molecule has 4 N–H and O–H groups in total. The highest BCUT2D eigenvalue weighted by molar-refractivity contribution is 5.96. The first-order chi connectivity index (χ1) is 9.97. The van der Waals surface area contributed by atoms with Gasteiger partial charge in [0.05, 0.1) is 12.2 Å². The highest BCUT2D eigenvalue weighted by Gasteiger charge is 2.20. The molecule has 1 amide bonds. The first-order valence-electron chi connectivity index (χ1n) is 6.84. The lowest BCUT2D eigenvalue weighted by molar-refractivity contribution is 0.0688. The Morgan fingerprint density at radius 1 is 1.19 bits per heavy atom. The number of nitrogen functional groups attached to an aromatic ring is 2. The smallest absolute Gasteiger partial charge is 0.254 e. The number of nitrogens with two attached hydrogens (primary N) is 2. The molecule has 0 atom stereocenters. The molecule has 0 aliphatic heterocycles. The van der Waals surface area contributed by atoms with Crippen LogP contribution in [0.3, 0.4) is 0 Å². The Balaban J connectivity index is 2.27. The van der Waals surface area contributed by atoms with E-state index in [1.54, 1.807) is 29.3 Å². The van der Waals surface area contributed by atoms with Crippen LogP contribution < -0.4 is 11.5 Å². The monoisotopic (exact) mass is 284 g/mol. The van der Waals surface area contributed by atoms with Gasteiger partial charge in [-0.1, -0.05) is 6.07 Å². The maximum absolute atomic E-state index is 12.7. The molecule has 5 heteroatoms. The zero-order valence-corrected chi connectivity index (χ0v) is 12.3. The van der Waals surface area contributed by atoms with E-state index >= 15 is 0 Å². The second-order valence-corrected chi connectivity index (χ2v) is 5.24. The average Bonchev–Trinajstić information content (AvgIpc) is 2.44. The van der Waals surface area contributed by atoms with Crippen molar-refractivity contribution >= 4 is 17.3 Å². The van der Waals surface area contributed by atoms with Crippen LogP contribution in [-0.4, -0.2) is 21.8 Å². The summed E-state index contributed by atoms with van der Waals surface area (Å²) in [5.41, 5.74) is 13.8. The number of carbonyl (C=O) groups is 1. The van der Waals surface area contributed by atoms with Crippen LogP contribution >= 0.6 is 0 Å². The summed E-state index contributed by atoms with van der Waals surface area (Å²) in [6.07, 6.45) is 1.72. The van der Waals surface area contributed by atoms with Crippen LogP contribution in [0.15, 0.2) is 42.6 Å². The molecule has 110 valence electrons. The number of hydrogen-bond acceptors (Lipinski definition) is 4. The molecule has 0 bridgehead atoms. The molecule has 0 unspecified atom stereocenters. The predicted octanol–water partition coefficient (Wildman–Crippen LogP) is 2.30. The molecule has 5 nitrogen and oxygen atoms in total. The Morgan fingerprint density at radius 3 is 2.38 bits per heavy atom. The van der Waals surface area contributed by atoms with Crippen molar-refractivity contribution in [3.63, 3.8) is 0 Å². The number of hydrogen-bond donors (Lipinski definition) is 2. The van der Waals surface area contributed by atoms with Crippen LogP contribution in [0.5, 0.6) is 0 Å². The highest BCUT2D eigenvalue weighted by atomic mass is 16.2. The van der Waals surface area contributed by atoms with E-state index in [4.69, 9.17) is 11.5 Å². The Hall–Kier alpha value is -2.56. The maximum atomic E-state index is 12.7. The van der Waals surface area contributed by atoms with E-state index in [0.29, 0.717) is 23.5 Å². The average molecular weight is 284 g/mol. The fraction of sp³-hybridized carbons (Fsp3) is 0.250. The third kappa shape index (κ3) is 3.72. The van der Waals surface area contributed by atoms with Crippen molar-refractivity contribution < 1.29 is 4.79 Å². The molecule has 0 spiro atoms. The zero-order valence-electron chi connectivity index (χ0n) is 12.3. The van der Waals surface area contributed by atoms with E-state index in [-0.39, 0.29) is 11.9 Å². The van der Waals surface area contributed by atoms with Gasteiger partial charge in [-0.3, -0.25) is 9.78 Å². The van der Waals surface area contributed by atoms with Gasteiger partial charge < -0.3 is 16.4 Å². The lowest BCUT2D eigenvalue weighted by Crippen LogP contribution is -2.36. The molecule has 0 fully saturated rings. The van der Waals surface area contributed by atoms with Crippen molar-refractivity contribution in [3.8, 4) is 0 Å². The molecule has 0 saturated heterocycles. The Bertz CT molecular complexity index is 605. The lowest BCUT2D eigenvalue weighted by Gasteiger charge is -2.26. The molecule has 1 heterocycles. The van der Waals surface area contributed by atoms with E-state index in [1.165, 1.54) is 0 Å². The fourth-order valence-electron chi connectivity index (χ4n) is 2.12. The summed E-state index contributed by atoms with van der Waals surface area (Å²) in [4.78, 5) is 18.7. The van der Waals surface area contributed by atoms with Crippen LogP contribution in [0.2, 0.25) is 0 Å². The highest BCUT2D eigenvalue weighted by Crippen LogP contribution is 2.18. The summed E-state index contributed by atoms with van der Waals surface area (Å²) >= 11 is 0. The number of carbonyl (C=O) groups excluding carboxylic acids is 1. The minimum atomic E-state index is -0.102. The Kier molecular flexibility index (Phi) is 4.42. The molecule has 0 saturated carbocycles. The summed E-state index contributed by atoms with van der Waals surface area (Å²) in [5, 5.41) is 0. The zero-order chi connectivity index (χ0) is 15.4. The second kappa shape index (κ2) is 6.26. The van der Waals surface area contributed by atoms with Crippen molar-refractivity contribution in [3.05, 3.63) is 53.9 Å². The fourth-order valence-corrected chi connectivity index (χ4v) is 2.12. The third-order valence-corrected chi connectivity index (χ3v) is 3.17. The van der Waals surface area contributed by atoms with Gasteiger partial charge in [-0.05, 0) is 44.2 Å². The third-order valence-electron chi connectivity index (χ3n) is 3.17. The van der Waals surface area contributed by atoms with E-state index in [0.717, 1.165) is 5.69 Å². The van der Waals surface area contributed by atoms with Gasteiger partial charge in [0, 0.05) is 29.2 Å². The van der Waals surface area contributed by atoms with E-state index in [9.17, 15) is 4.79 Å². The number of aromatic nitrogens is 1. The van der Waals surface area contributed by atoms with Gasteiger partial charge in [0.2, 0.25) is 0 Å². The van der Waals surface area contributed by atoms with Gasteiger partial charge >= 0.3 is 0 Å².